The third-order valence-corrected chi connectivity index (χ3v) is 5.59. The number of carbonyl (C=O) groups is 2. The van der Waals surface area contributed by atoms with Gasteiger partial charge in [0.1, 0.15) is 12.2 Å². The van der Waals surface area contributed by atoms with E-state index < -0.39 is 0 Å². The number of benzene rings is 1. The summed E-state index contributed by atoms with van der Waals surface area (Å²) in [6.45, 7) is 2.17. The molecule has 31 heavy (non-hydrogen) atoms. The van der Waals surface area contributed by atoms with E-state index in [9.17, 15) is 9.59 Å². The monoisotopic (exact) mass is 430 g/mol. The number of carbonyl (C=O) groups excluding carboxylic acids is 2. The standard InChI is InChI=1S/C26H38O5/c1-3-4-9-16-22(30-26(28)21-14-10-8-11-15-21)19-20-24-23(31-24)17-12-6-5-7-13-18-25(27)29-2/h8,10-11,14-15,19-20,22-24H,3-7,9,12-13,16-18H2,1-2H3/b20-19+/t22-,23?,24?/m0/s1. The molecule has 1 aliphatic heterocycles. The summed E-state index contributed by atoms with van der Waals surface area (Å²) in [4.78, 5) is 23.5. The number of ether oxygens (including phenoxy) is 3. The first-order chi connectivity index (χ1) is 15.1. The minimum Gasteiger partial charge on any atom is -0.469 e. The molecule has 2 rings (SSSR count). The Morgan fingerprint density at radius 1 is 1.03 bits per heavy atom. The molecule has 5 nitrogen and oxygen atoms in total. The van der Waals surface area contributed by atoms with Crippen LogP contribution in [0.15, 0.2) is 42.5 Å². The number of epoxide rings is 1. The fraction of sp³-hybridized carbons (Fsp3) is 0.615. The molecule has 0 aromatic heterocycles. The molecular formula is C26H38O5. The van der Waals surface area contributed by atoms with Crippen molar-refractivity contribution in [3.63, 3.8) is 0 Å². The lowest BCUT2D eigenvalue weighted by molar-refractivity contribution is -0.140. The van der Waals surface area contributed by atoms with Crippen molar-refractivity contribution < 1.29 is 23.8 Å². The third-order valence-electron chi connectivity index (χ3n) is 5.59. The Morgan fingerprint density at radius 3 is 2.52 bits per heavy atom. The Kier molecular flexibility index (Phi) is 12.0. The maximum Gasteiger partial charge on any atom is 0.338 e. The van der Waals surface area contributed by atoms with Gasteiger partial charge in [-0.1, -0.05) is 69.7 Å². The normalized spacial score (nSPS) is 18.6. The lowest BCUT2D eigenvalue weighted by Gasteiger charge is -2.14. The molecule has 1 fully saturated rings. The van der Waals surface area contributed by atoms with Crippen LogP contribution in [0.3, 0.4) is 0 Å². The molecule has 0 bridgehead atoms. The molecule has 0 aliphatic carbocycles. The van der Waals surface area contributed by atoms with Gasteiger partial charge in [-0.2, -0.15) is 0 Å². The van der Waals surface area contributed by atoms with Gasteiger partial charge in [0.15, 0.2) is 0 Å². The summed E-state index contributed by atoms with van der Waals surface area (Å²) in [5.74, 6) is -0.393. The van der Waals surface area contributed by atoms with E-state index in [1.54, 1.807) is 12.1 Å². The molecule has 1 aromatic carbocycles. The molecule has 0 N–H and O–H groups in total. The van der Waals surface area contributed by atoms with Crippen LogP contribution < -0.4 is 0 Å². The highest BCUT2D eigenvalue weighted by molar-refractivity contribution is 5.89. The Bertz CT molecular complexity index is 670. The highest BCUT2D eigenvalue weighted by Gasteiger charge is 2.35. The molecule has 2 unspecified atom stereocenters. The summed E-state index contributed by atoms with van der Waals surface area (Å²) < 4.78 is 16.2. The fourth-order valence-electron chi connectivity index (χ4n) is 3.61. The zero-order valence-corrected chi connectivity index (χ0v) is 19.1. The quantitative estimate of drug-likeness (QED) is 0.139. The summed E-state index contributed by atoms with van der Waals surface area (Å²) in [5.41, 5.74) is 0.587. The molecule has 0 radical (unpaired) electrons. The Hall–Kier alpha value is -2.14. The minimum atomic E-state index is -0.271. The van der Waals surface area contributed by atoms with E-state index in [1.807, 2.05) is 24.3 Å². The van der Waals surface area contributed by atoms with Crippen LogP contribution >= 0.6 is 0 Å². The molecule has 172 valence electrons. The zero-order chi connectivity index (χ0) is 22.3. The van der Waals surface area contributed by atoms with Crippen molar-refractivity contribution in [2.75, 3.05) is 7.11 Å². The Labute approximate surface area is 187 Å². The minimum absolute atomic E-state index is 0.122. The summed E-state index contributed by atoms with van der Waals surface area (Å²) >= 11 is 0. The molecule has 3 atom stereocenters. The van der Waals surface area contributed by atoms with Gasteiger partial charge in [0.05, 0.1) is 18.8 Å². The lowest BCUT2D eigenvalue weighted by atomic mass is 10.1. The molecule has 1 heterocycles. The van der Waals surface area contributed by atoms with Crippen LogP contribution in [0.2, 0.25) is 0 Å². The lowest BCUT2D eigenvalue weighted by Crippen LogP contribution is -2.16. The van der Waals surface area contributed by atoms with Gasteiger partial charge in [-0.3, -0.25) is 4.79 Å². The molecule has 0 amide bonds. The predicted octanol–water partition coefficient (Wildman–Crippen LogP) is 6.02. The molecule has 0 spiro atoms. The molecule has 5 heteroatoms. The number of unbranched alkanes of at least 4 members (excludes halogenated alkanes) is 6. The van der Waals surface area contributed by atoms with Gasteiger partial charge >= 0.3 is 11.9 Å². The van der Waals surface area contributed by atoms with E-state index in [4.69, 9.17) is 9.47 Å². The van der Waals surface area contributed by atoms with E-state index in [0.29, 0.717) is 12.0 Å². The highest BCUT2D eigenvalue weighted by atomic mass is 16.6. The highest BCUT2D eigenvalue weighted by Crippen LogP contribution is 2.29. The van der Waals surface area contributed by atoms with Gasteiger partial charge < -0.3 is 14.2 Å². The van der Waals surface area contributed by atoms with Gasteiger partial charge in [-0.25, -0.2) is 4.79 Å². The Balaban J connectivity index is 1.66. The van der Waals surface area contributed by atoms with Crippen LogP contribution in [0.1, 0.15) is 87.9 Å². The van der Waals surface area contributed by atoms with Gasteiger partial charge in [0, 0.05) is 6.42 Å². The maximum atomic E-state index is 12.4. The van der Waals surface area contributed by atoms with E-state index in [-0.39, 0.29) is 30.3 Å². The number of methoxy groups -OCH3 is 1. The van der Waals surface area contributed by atoms with Crippen molar-refractivity contribution in [1.29, 1.82) is 0 Å². The van der Waals surface area contributed by atoms with Gasteiger partial charge in [-0.05, 0) is 43.9 Å². The van der Waals surface area contributed by atoms with Gasteiger partial charge in [0.2, 0.25) is 0 Å². The van der Waals surface area contributed by atoms with Gasteiger partial charge in [-0.15, -0.1) is 0 Å². The summed E-state index contributed by atoms with van der Waals surface area (Å²) in [7, 11) is 1.43. The van der Waals surface area contributed by atoms with Crippen LogP contribution in [0.4, 0.5) is 0 Å². The second kappa shape index (κ2) is 14.8. The average molecular weight is 431 g/mol. The number of hydrogen-bond acceptors (Lipinski definition) is 5. The van der Waals surface area contributed by atoms with Crippen molar-refractivity contribution in [3.8, 4) is 0 Å². The van der Waals surface area contributed by atoms with Gasteiger partial charge in [0.25, 0.3) is 0 Å². The summed E-state index contributed by atoms with van der Waals surface area (Å²) in [6, 6.07) is 9.15. The van der Waals surface area contributed by atoms with Crippen molar-refractivity contribution in [3.05, 3.63) is 48.0 Å². The average Bonchev–Trinajstić information content (AvgIpc) is 3.55. The largest absolute Gasteiger partial charge is 0.469 e. The predicted molar refractivity (Wildman–Crippen MR) is 122 cm³/mol. The van der Waals surface area contributed by atoms with Crippen molar-refractivity contribution >= 4 is 11.9 Å². The fourth-order valence-corrected chi connectivity index (χ4v) is 3.61. The summed E-state index contributed by atoms with van der Waals surface area (Å²) in [6.07, 6.45) is 15.4. The van der Waals surface area contributed by atoms with Crippen LogP contribution in [-0.4, -0.2) is 37.4 Å². The first-order valence-electron chi connectivity index (χ1n) is 11.8. The summed E-state index contributed by atoms with van der Waals surface area (Å²) in [5, 5.41) is 0. The van der Waals surface area contributed by atoms with Crippen LogP contribution in [0.5, 0.6) is 0 Å². The number of hydrogen-bond donors (Lipinski definition) is 0. The third kappa shape index (κ3) is 10.6. The molecule has 1 saturated heterocycles. The number of rotatable bonds is 16. The van der Waals surface area contributed by atoms with Crippen molar-refractivity contribution in [2.24, 2.45) is 0 Å². The van der Waals surface area contributed by atoms with Crippen LogP contribution in [0, 0.1) is 0 Å². The zero-order valence-electron chi connectivity index (χ0n) is 19.1. The molecule has 1 aliphatic rings. The Morgan fingerprint density at radius 2 is 1.77 bits per heavy atom. The maximum absolute atomic E-state index is 12.4. The van der Waals surface area contributed by atoms with Crippen molar-refractivity contribution in [1.82, 2.24) is 0 Å². The van der Waals surface area contributed by atoms with E-state index in [2.05, 4.69) is 17.7 Å². The molecular weight excluding hydrogens is 392 g/mol. The van der Waals surface area contributed by atoms with E-state index in [0.717, 1.165) is 64.2 Å². The first kappa shape index (κ1) is 25.1. The second-order valence-electron chi connectivity index (χ2n) is 8.21. The molecule has 1 aromatic rings. The SMILES string of the molecule is CCCCC[C@@H](/C=C/C1OC1CCCCCCCC(=O)OC)OC(=O)c1ccccc1. The van der Waals surface area contributed by atoms with Crippen LogP contribution in [-0.2, 0) is 19.0 Å². The van der Waals surface area contributed by atoms with E-state index >= 15 is 0 Å². The molecule has 0 saturated carbocycles. The smallest absolute Gasteiger partial charge is 0.338 e. The van der Waals surface area contributed by atoms with E-state index in [1.165, 1.54) is 7.11 Å². The van der Waals surface area contributed by atoms with Crippen molar-refractivity contribution in [2.45, 2.75) is 95.9 Å². The van der Waals surface area contributed by atoms with Crippen LogP contribution in [0.25, 0.3) is 0 Å². The second-order valence-corrected chi connectivity index (χ2v) is 8.21. The topological polar surface area (TPSA) is 65.1 Å². The first-order valence-corrected chi connectivity index (χ1v) is 11.8. The number of esters is 2.